The van der Waals surface area contributed by atoms with Crippen molar-refractivity contribution in [3.63, 3.8) is 0 Å². The molecule has 0 aliphatic carbocycles. The molecule has 1 rings (SSSR count). The summed E-state index contributed by atoms with van der Waals surface area (Å²) in [4.78, 5) is 4.30. The van der Waals surface area contributed by atoms with Crippen molar-refractivity contribution in [1.29, 1.82) is 0 Å². The molecule has 0 bridgehead atoms. The highest BCUT2D eigenvalue weighted by atomic mass is 16.5. The predicted molar refractivity (Wildman–Crippen MR) is 64.3 cm³/mol. The lowest BCUT2D eigenvalue weighted by Gasteiger charge is -2.19. The quantitative estimate of drug-likeness (QED) is 0.833. The Morgan fingerprint density at radius 1 is 1.31 bits per heavy atom. The highest BCUT2D eigenvalue weighted by Gasteiger charge is 2.16. The van der Waals surface area contributed by atoms with Crippen molar-refractivity contribution >= 4 is 0 Å². The number of nitrogens with zero attached hydrogens (tertiary/aromatic N) is 1. The van der Waals surface area contributed by atoms with Gasteiger partial charge in [-0.15, -0.1) is 0 Å². The second-order valence-electron chi connectivity index (χ2n) is 4.39. The van der Waals surface area contributed by atoms with E-state index < -0.39 is 6.10 Å². The maximum atomic E-state index is 10.2. The van der Waals surface area contributed by atoms with Crippen molar-refractivity contribution in [3.8, 4) is 0 Å². The van der Waals surface area contributed by atoms with Gasteiger partial charge in [0, 0.05) is 25.1 Å². The van der Waals surface area contributed by atoms with Crippen LogP contribution in [0.2, 0.25) is 0 Å². The minimum Gasteiger partial charge on any atom is -0.388 e. The van der Waals surface area contributed by atoms with Crippen LogP contribution in [-0.4, -0.2) is 23.8 Å². The van der Waals surface area contributed by atoms with E-state index in [0.29, 0.717) is 6.61 Å². The molecule has 16 heavy (non-hydrogen) atoms. The Morgan fingerprint density at radius 3 is 2.38 bits per heavy atom. The first-order valence-electron chi connectivity index (χ1n) is 5.66. The van der Waals surface area contributed by atoms with Gasteiger partial charge in [0.1, 0.15) is 0 Å². The summed E-state index contributed by atoms with van der Waals surface area (Å²) < 4.78 is 5.02. The molecule has 3 nitrogen and oxygen atoms in total. The molecule has 1 aromatic heterocycles. The Kier molecular flexibility index (Phi) is 4.90. The molecule has 3 heteroatoms. The van der Waals surface area contributed by atoms with E-state index >= 15 is 0 Å². The molecule has 2 atom stereocenters. The number of aryl methyl sites for hydroxylation is 2. The van der Waals surface area contributed by atoms with Crippen LogP contribution >= 0.6 is 0 Å². The van der Waals surface area contributed by atoms with E-state index in [2.05, 4.69) is 4.98 Å². The van der Waals surface area contributed by atoms with Crippen molar-refractivity contribution in [2.24, 2.45) is 5.92 Å². The van der Waals surface area contributed by atoms with Crippen LogP contribution < -0.4 is 0 Å². The van der Waals surface area contributed by atoms with Crippen LogP contribution in [0.25, 0.3) is 0 Å². The van der Waals surface area contributed by atoms with Crippen LogP contribution in [-0.2, 0) is 4.74 Å². The molecule has 90 valence electrons. The van der Waals surface area contributed by atoms with Crippen LogP contribution in [0.1, 0.15) is 36.4 Å². The maximum Gasteiger partial charge on any atom is 0.0817 e. The molecule has 0 aliphatic heterocycles. The molecular weight excluding hydrogens is 202 g/mol. The normalized spacial score (nSPS) is 14.8. The smallest absolute Gasteiger partial charge is 0.0817 e. The summed E-state index contributed by atoms with van der Waals surface area (Å²) in [6.45, 7) is 6.61. The molecule has 2 unspecified atom stereocenters. The Hall–Kier alpha value is -0.930. The van der Waals surface area contributed by atoms with E-state index in [1.165, 1.54) is 0 Å². The molecule has 0 radical (unpaired) electrons. The first-order chi connectivity index (χ1) is 7.54. The van der Waals surface area contributed by atoms with Gasteiger partial charge in [0.15, 0.2) is 0 Å². The minimum atomic E-state index is -0.435. The first-order valence-corrected chi connectivity index (χ1v) is 5.66. The van der Waals surface area contributed by atoms with Crippen LogP contribution in [0.5, 0.6) is 0 Å². The van der Waals surface area contributed by atoms with Crippen molar-refractivity contribution in [2.45, 2.75) is 33.3 Å². The molecule has 0 saturated heterocycles. The van der Waals surface area contributed by atoms with Gasteiger partial charge in [0.2, 0.25) is 0 Å². The zero-order valence-electron chi connectivity index (χ0n) is 10.5. The van der Waals surface area contributed by atoms with Gasteiger partial charge in [0.25, 0.3) is 0 Å². The largest absolute Gasteiger partial charge is 0.388 e. The SMILES string of the molecule is COCCC(C)C(O)c1cc(C)nc(C)c1. The summed E-state index contributed by atoms with van der Waals surface area (Å²) in [5, 5.41) is 10.2. The van der Waals surface area contributed by atoms with Crippen LogP contribution in [0, 0.1) is 19.8 Å². The standard InChI is InChI=1S/C13H21NO2/c1-9(5-6-16-4)13(15)12-7-10(2)14-11(3)8-12/h7-9,13,15H,5-6H2,1-4H3. The number of aromatic nitrogens is 1. The van der Waals surface area contributed by atoms with E-state index in [9.17, 15) is 5.11 Å². The molecule has 0 aliphatic rings. The van der Waals surface area contributed by atoms with Gasteiger partial charge in [-0.1, -0.05) is 6.92 Å². The van der Waals surface area contributed by atoms with E-state index in [1.54, 1.807) is 7.11 Å². The van der Waals surface area contributed by atoms with E-state index in [0.717, 1.165) is 23.4 Å². The lowest BCUT2D eigenvalue weighted by molar-refractivity contribution is 0.0884. The summed E-state index contributed by atoms with van der Waals surface area (Å²) >= 11 is 0. The second kappa shape index (κ2) is 5.97. The number of hydrogen-bond donors (Lipinski definition) is 1. The number of ether oxygens (including phenoxy) is 1. The molecule has 0 amide bonds. The lowest BCUT2D eigenvalue weighted by Crippen LogP contribution is -2.12. The van der Waals surface area contributed by atoms with Gasteiger partial charge >= 0.3 is 0 Å². The average Bonchev–Trinajstić information content (AvgIpc) is 2.23. The molecule has 0 aromatic carbocycles. The van der Waals surface area contributed by atoms with Crippen LogP contribution in [0.3, 0.4) is 0 Å². The predicted octanol–water partition coefficient (Wildman–Crippen LogP) is 2.40. The summed E-state index contributed by atoms with van der Waals surface area (Å²) in [6.07, 6.45) is 0.425. The van der Waals surface area contributed by atoms with E-state index in [1.807, 2.05) is 32.9 Å². The molecule has 1 heterocycles. The summed E-state index contributed by atoms with van der Waals surface area (Å²) in [5.74, 6) is 0.196. The minimum absolute atomic E-state index is 0.196. The highest BCUT2D eigenvalue weighted by molar-refractivity contribution is 5.22. The lowest BCUT2D eigenvalue weighted by atomic mass is 9.94. The van der Waals surface area contributed by atoms with Gasteiger partial charge in [-0.2, -0.15) is 0 Å². The average molecular weight is 223 g/mol. The third-order valence-corrected chi connectivity index (χ3v) is 2.76. The zero-order valence-corrected chi connectivity index (χ0v) is 10.5. The summed E-state index contributed by atoms with van der Waals surface area (Å²) in [5.41, 5.74) is 2.86. The second-order valence-corrected chi connectivity index (χ2v) is 4.39. The highest BCUT2D eigenvalue weighted by Crippen LogP contribution is 2.25. The third-order valence-electron chi connectivity index (χ3n) is 2.76. The fourth-order valence-corrected chi connectivity index (χ4v) is 1.83. The Balaban J connectivity index is 2.74. The number of methoxy groups -OCH3 is 1. The fourth-order valence-electron chi connectivity index (χ4n) is 1.83. The Labute approximate surface area is 97.5 Å². The summed E-state index contributed by atoms with van der Waals surface area (Å²) in [6, 6.07) is 3.89. The fraction of sp³-hybridized carbons (Fsp3) is 0.615. The molecule has 0 spiro atoms. The van der Waals surface area contributed by atoms with Crippen LogP contribution in [0.4, 0.5) is 0 Å². The summed E-state index contributed by atoms with van der Waals surface area (Å²) in [7, 11) is 1.68. The first kappa shape index (κ1) is 13.1. The van der Waals surface area contributed by atoms with E-state index in [4.69, 9.17) is 4.74 Å². The van der Waals surface area contributed by atoms with Crippen molar-refractivity contribution in [3.05, 3.63) is 29.1 Å². The molecule has 1 aromatic rings. The third kappa shape index (κ3) is 3.58. The topological polar surface area (TPSA) is 42.4 Å². The maximum absolute atomic E-state index is 10.2. The van der Waals surface area contributed by atoms with Gasteiger partial charge in [-0.25, -0.2) is 0 Å². The molecule has 0 saturated carbocycles. The number of rotatable bonds is 5. The van der Waals surface area contributed by atoms with Gasteiger partial charge < -0.3 is 9.84 Å². The number of aliphatic hydroxyl groups is 1. The zero-order chi connectivity index (χ0) is 12.1. The Morgan fingerprint density at radius 2 is 1.88 bits per heavy atom. The molecular formula is C13H21NO2. The van der Waals surface area contributed by atoms with Gasteiger partial charge in [-0.3, -0.25) is 4.98 Å². The monoisotopic (exact) mass is 223 g/mol. The number of pyridine rings is 1. The van der Waals surface area contributed by atoms with Crippen molar-refractivity contribution in [2.75, 3.05) is 13.7 Å². The molecule has 0 fully saturated rings. The van der Waals surface area contributed by atoms with Gasteiger partial charge in [-0.05, 0) is 43.9 Å². The Bertz CT molecular complexity index is 318. The number of aliphatic hydroxyl groups excluding tert-OH is 1. The van der Waals surface area contributed by atoms with E-state index in [-0.39, 0.29) is 5.92 Å². The van der Waals surface area contributed by atoms with Crippen molar-refractivity contribution < 1.29 is 9.84 Å². The molecule has 1 N–H and O–H groups in total. The number of hydrogen-bond acceptors (Lipinski definition) is 3. The van der Waals surface area contributed by atoms with Gasteiger partial charge in [0.05, 0.1) is 6.10 Å². The van der Waals surface area contributed by atoms with Crippen molar-refractivity contribution in [1.82, 2.24) is 4.98 Å². The van der Waals surface area contributed by atoms with Crippen LogP contribution in [0.15, 0.2) is 12.1 Å².